The maximum Gasteiger partial charge on any atom is 0.322 e. The Morgan fingerprint density at radius 1 is 1.57 bits per heavy atom. The summed E-state index contributed by atoms with van der Waals surface area (Å²) in [4.78, 5) is 11.0. The molecular formula is C9H17NO3S. The first-order valence-electron chi connectivity index (χ1n) is 4.85. The lowest BCUT2D eigenvalue weighted by Crippen LogP contribution is -2.42. The summed E-state index contributed by atoms with van der Waals surface area (Å²) in [7, 11) is -1.17. The van der Waals surface area contributed by atoms with Gasteiger partial charge in [0.2, 0.25) is 0 Å². The van der Waals surface area contributed by atoms with Crippen molar-refractivity contribution in [2.24, 2.45) is 5.92 Å². The Hall–Kier alpha value is -0.420. The molecule has 1 fully saturated rings. The highest BCUT2D eigenvalue weighted by Gasteiger charge is 2.40. The zero-order valence-corrected chi connectivity index (χ0v) is 9.58. The molecule has 1 N–H and O–H groups in total. The van der Waals surface area contributed by atoms with Crippen LogP contribution in [0.25, 0.3) is 0 Å². The lowest BCUT2D eigenvalue weighted by Gasteiger charge is -2.23. The number of hydrogen-bond donors (Lipinski definition) is 1. The van der Waals surface area contributed by atoms with E-state index in [1.54, 1.807) is 4.31 Å². The van der Waals surface area contributed by atoms with Crippen LogP contribution in [0.1, 0.15) is 27.2 Å². The van der Waals surface area contributed by atoms with Crippen molar-refractivity contribution in [3.8, 4) is 0 Å². The molecule has 0 radical (unpaired) electrons. The molecule has 0 spiro atoms. The molecule has 5 heteroatoms. The molecule has 1 aliphatic heterocycles. The number of carboxylic acid groups (broad SMARTS) is 1. The van der Waals surface area contributed by atoms with Gasteiger partial charge in [0.1, 0.15) is 6.04 Å². The summed E-state index contributed by atoms with van der Waals surface area (Å²) in [5.74, 6) is -0.765. The fraction of sp³-hybridized carbons (Fsp3) is 0.889. The van der Waals surface area contributed by atoms with E-state index in [1.807, 2.05) is 20.8 Å². The summed E-state index contributed by atoms with van der Waals surface area (Å²) in [5.41, 5.74) is 0. The van der Waals surface area contributed by atoms with Gasteiger partial charge in [-0.3, -0.25) is 4.79 Å². The first-order chi connectivity index (χ1) is 6.45. The minimum atomic E-state index is -1.17. The predicted molar refractivity (Wildman–Crippen MR) is 55.2 cm³/mol. The summed E-state index contributed by atoms with van der Waals surface area (Å²) < 4.78 is 13.4. The largest absolute Gasteiger partial charge is 0.480 e. The monoisotopic (exact) mass is 219 g/mol. The van der Waals surface area contributed by atoms with Crippen molar-refractivity contribution in [3.05, 3.63) is 0 Å². The summed E-state index contributed by atoms with van der Waals surface area (Å²) in [6.45, 7) is 6.22. The van der Waals surface area contributed by atoms with Crippen molar-refractivity contribution in [3.63, 3.8) is 0 Å². The smallest absolute Gasteiger partial charge is 0.322 e. The molecule has 0 aromatic carbocycles. The number of rotatable bonds is 3. The van der Waals surface area contributed by atoms with Crippen LogP contribution < -0.4 is 0 Å². The van der Waals surface area contributed by atoms with Gasteiger partial charge < -0.3 is 5.11 Å². The van der Waals surface area contributed by atoms with E-state index in [-0.39, 0.29) is 11.2 Å². The molecule has 4 nitrogen and oxygen atoms in total. The molecule has 0 bridgehead atoms. The molecule has 0 amide bonds. The van der Waals surface area contributed by atoms with Crippen LogP contribution in [0.5, 0.6) is 0 Å². The lowest BCUT2D eigenvalue weighted by molar-refractivity contribution is -0.141. The molecule has 0 aliphatic carbocycles. The second-order valence-electron chi connectivity index (χ2n) is 4.01. The molecular weight excluding hydrogens is 202 g/mol. The fourth-order valence-corrected chi connectivity index (χ4v) is 3.10. The van der Waals surface area contributed by atoms with E-state index < -0.39 is 23.0 Å². The van der Waals surface area contributed by atoms with Crippen LogP contribution >= 0.6 is 0 Å². The molecule has 1 rings (SSSR count). The minimum Gasteiger partial charge on any atom is -0.480 e. The van der Waals surface area contributed by atoms with Crippen molar-refractivity contribution in [1.29, 1.82) is 0 Å². The Labute approximate surface area is 86.9 Å². The quantitative estimate of drug-likeness (QED) is 0.765. The molecule has 1 heterocycles. The van der Waals surface area contributed by atoms with Crippen LogP contribution in [-0.4, -0.2) is 37.4 Å². The summed E-state index contributed by atoms with van der Waals surface area (Å²) in [6, 6.07) is -0.571. The van der Waals surface area contributed by atoms with E-state index >= 15 is 0 Å². The average molecular weight is 219 g/mol. The first kappa shape index (κ1) is 11.7. The van der Waals surface area contributed by atoms with Crippen molar-refractivity contribution in [2.45, 2.75) is 38.5 Å². The van der Waals surface area contributed by atoms with Crippen molar-refractivity contribution >= 4 is 17.0 Å². The van der Waals surface area contributed by atoms with Crippen molar-refractivity contribution < 1.29 is 14.1 Å². The normalized spacial score (nSPS) is 30.9. The molecule has 1 aliphatic rings. The van der Waals surface area contributed by atoms with Gasteiger partial charge in [-0.2, -0.15) is 0 Å². The third kappa shape index (κ3) is 2.15. The number of aliphatic carboxylic acids is 1. The van der Waals surface area contributed by atoms with Gasteiger partial charge in [-0.05, 0) is 26.2 Å². The zero-order chi connectivity index (χ0) is 10.9. The van der Waals surface area contributed by atoms with Crippen LogP contribution in [0, 0.1) is 5.92 Å². The van der Waals surface area contributed by atoms with Crippen LogP contribution in [0.4, 0.5) is 0 Å². The van der Waals surface area contributed by atoms with E-state index in [1.165, 1.54) is 0 Å². The van der Waals surface area contributed by atoms with Crippen molar-refractivity contribution in [2.75, 3.05) is 6.54 Å². The van der Waals surface area contributed by atoms with Crippen LogP contribution in [0.3, 0.4) is 0 Å². The van der Waals surface area contributed by atoms with E-state index in [0.717, 1.165) is 6.42 Å². The highest BCUT2D eigenvalue weighted by atomic mass is 32.2. The molecule has 3 unspecified atom stereocenters. The number of carboxylic acids is 1. The molecule has 0 aromatic heterocycles. The highest BCUT2D eigenvalue weighted by Crippen LogP contribution is 2.26. The summed E-state index contributed by atoms with van der Waals surface area (Å²) >= 11 is 0. The summed E-state index contributed by atoms with van der Waals surface area (Å²) in [6.07, 6.45) is 0.815. The number of carbonyl (C=O) groups is 1. The second kappa shape index (κ2) is 4.40. The molecule has 14 heavy (non-hydrogen) atoms. The Morgan fingerprint density at radius 2 is 2.14 bits per heavy atom. The second-order valence-corrected chi connectivity index (χ2v) is 5.98. The third-order valence-electron chi connectivity index (χ3n) is 2.54. The van der Waals surface area contributed by atoms with Gasteiger partial charge in [0, 0.05) is 11.8 Å². The molecule has 0 saturated carbocycles. The maximum atomic E-state index is 11.8. The SMILES string of the molecule is CC1CCN(S(=O)C(C)C)C1C(=O)O. The van der Waals surface area contributed by atoms with Crippen LogP contribution in [0.2, 0.25) is 0 Å². The Morgan fingerprint density at radius 3 is 2.57 bits per heavy atom. The van der Waals surface area contributed by atoms with Gasteiger partial charge in [-0.15, -0.1) is 0 Å². The molecule has 3 atom stereocenters. The highest BCUT2D eigenvalue weighted by molar-refractivity contribution is 7.83. The van der Waals surface area contributed by atoms with Crippen molar-refractivity contribution in [1.82, 2.24) is 4.31 Å². The average Bonchev–Trinajstić information content (AvgIpc) is 2.45. The molecule has 1 saturated heterocycles. The van der Waals surface area contributed by atoms with Gasteiger partial charge in [0.05, 0.1) is 11.0 Å². The first-order valence-corrected chi connectivity index (χ1v) is 6.02. The topological polar surface area (TPSA) is 57.6 Å². The van der Waals surface area contributed by atoms with E-state index in [4.69, 9.17) is 5.11 Å². The Kier molecular flexibility index (Phi) is 3.66. The fourth-order valence-electron chi connectivity index (χ4n) is 1.75. The third-order valence-corrected chi connectivity index (χ3v) is 4.22. The Balaban J connectivity index is 2.79. The lowest BCUT2D eigenvalue weighted by atomic mass is 10.0. The van der Waals surface area contributed by atoms with Crippen LogP contribution in [-0.2, 0) is 15.8 Å². The van der Waals surface area contributed by atoms with Gasteiger partial charge >= 0.3 is 5.97 Å². The van der Waals surface area contributed by atoms with Gasteiger partial charge in [0.25, 0.3) is 0 Å². The van der Waals surface area contributed by atoms with Gasteiger partial charge in [0.15, 0.2) is 0 Å². The Bertz CT molecular complexity index is 254. The van der Waals surface area contributed by atoms with Gasteiger partial charge in [-0.25, -0.2) is 8.51 Å². The maximum absolute atomic E-state index is 11.8. The van der Waals surface area contributed by atoms with Crippen LogP contribution in [0.15, 0.2) is 0 Å². The number of hydrogen-bond acceptors (Lipinski definition) is 2. The zero-order valence-electron chi connectivity index (χ0n) is 8.77. The van der Waals surface area contributed by atoms with E-state index in [9.17, 15) is 9.00 Å². The standard InChI is InChI=1S/C9H17NO3S/c1-6(2)14(13)10-5-4-7(3)8(10)9(11)12/h6-8H,4-5H2,1-3H3,(H,11,12). The van der Waals surface area contributed by atoms with E-state index in [0.29, 0.717) is 6.54 Å². The van der Waals surface area contributed by atoms with Gasteiger partial charge in [-0.1, -0.05) is 6.92 Å². The molecule has 82 valence electrons. The molecule has 0 aromatic rings. The predicted octanol–water partition coefficient (Wildman–Crippen LogP) is 0.853. The van der Waals surface area contributed by atoms with E-state index in [2.05, 4.69) is 0 Å². The minimum absolute atomic E-state index is 0.0119. The summed E-state index contributed by atoms with van der Waals surface area (Å²) in [5, 5.41) is 9.00. The number of nitrogens with zero attached hydrogens (tertiary/aromatic N) is 1.